The molecule has 7 nitrogen and oxygen atoms in total. The molecule has 0 saturated carbocycles. The van der Waals surface area contributed by atoms with Crippen molar-refractivity contribution in [2.24, 2.45) is 0 Å². The number of rotatable bonds is 6. The third-order valence-electron chi connectivity index (χ3n) is 3.58. The number of fused-ring (bicyclic) bond motifs is 1. The van der Waals surface area contributed by atoms with E-state index >= 15 is 0 Å². The van der Waals surface area contributed by atoms with E-state index in [-0.39, 0.29) is 18.1 Å². The highest BCUT2D eigenvalue weighted by Crippen LogP contribution is 2.35. The van der Waals surface area contributed by atoms with Crippen LogP contribution in [0, 0.1) is 0 Å². The Labute approximate surface area is 152 Å². The molecule has 1 atom stereocenters. The van der Waals surface area contributed by atoms with E-state index in [0.29, 0.717) is 17.1 Å². The number of carbonyl (C=O) groups excluding carboxylic acids is 2. The molecule has 1 aromatic carbocycles. The third-order valence-corrected chi connectivity index (χ3v) is 4.40. The van der Waals surface area contributed by atoms with Gasteiger partial charge in [0.15, 0.2) is 12.4 Å². The van der Waals surface area contributed by atoms with Crippen molar-refractivity contribution >= 4 is 35.1 Å². The second kappa shape index (κ2) is 7.40. The smallest absolute Gasteiger partial charge is 0.325 e. The Hall–Kier alpha value is -3.13. The maximum atomic E-state index is 12.3. The molecule has 3 rings (SSSR count). The molecule has 134 valence electrons. The van der Waals surface area contributed by atoms with Crippen LogP contribution >= 0.6 is 11.3 Å². The van der Waals surface area contributed by atoms with Gasteiger partial charge in [0, 0.05) is 17.0 Å². The summed E-state index contributed by atoms with van der Waals surface area (Å²) in [6, 6.07) is 7.41. The molecule has 0 aliphatic carbocycles. The summed E-state index contributed by atoms with van der Waals surface area (Å²) in [4.78, 5) is 35.6. The van der Waals surface area contributed by atoms with Crippen molar-refractivity contribution < 1.29 is 29.0 Å². The summed E-state index contributed by atoms with van der Waals surface area (Å²) >= 11 is 1.49. The fourth-order valence-electron chi connectivity index (χ4n) is 2.25. The van der Waals surface area contributed by atoms with Crippen LogP contribution in [0.3, 0.4) is 0 Å². The highest BCUT2D eigenvalue weighted by Gasteiger charge is 2.28. The van der Waals surface area contributed by atoms with Gasteiger partial charge in [-0.1, -0.05) is 6.07 Å². The number of hydrogen-bond donors (Lipinski definition) is 2. The monoisotopic (exact) mass is 373 g/mol. The van der Waals surface area contributed by atoms with Gasteiger partial charge >= 0.3 is 5.97 Å². The molecule has 0 bridgehead atoms. The molecule has 2 aromatic rings. The van der Waals surface area contributed by atoms with Crippen LogP contribution in [0.15, 0.2) is 41.5 Å². The minimum atomic E-state index is -1.13. The van der Waals surface area contributed by atoms with Crippen molar-refractivity contribution in [1.82, 2.24) is 5.32 Å². The number of carbonyl (C=O) groups is 3. The standard InChI is InChI=1S/C18H15NO6S/c1-10(18(22)23)19-16(20)9-24-11-4-5-13-14(7-11)25-15(17(13)21)8-12-3-2-6-26-12/h2-8,10H,9H2,1H3,(H,19,20)(H,22,23)/b15-8-/t10-/m1/s1. The Morgan fingerprint density at radius 2 is 2.19 bits per heavy atom. The predicted molar refractivity (Wildman–Crippen MR) is 94.4 cm³/mol. The molecular formula is C18H15NO6S. The molecular weight excluding hydrogens is 358 g/mol. The van der Waals surface area contributed by atoms with Crippen LogP contribution in [0.4, 0.5) is 0 Å². The first-order chi connectivity index (χ1) is 12.4. The number of carboxylic acid groups (broad SMARTS) is 1. The summed E-state index contributed by atoms with van der Waals surface area (Å²) in [7, 11) is 0. The number of aliphatic carboxylic acids is 1. The number of allylic oxidation sites excluding steroid dienone is 1. The van der Waals surface area contributed by atoms with Gasteiger partial charge in [0.25, 0.3) is 5.91 Å². The van der Waals surface area contributed by atoms with Crippen molar-refractivity contribution in [2.45, 2.75) is 13.0 Å². The molecule has 2 heterocycles. The van der Waals surface area contributed by atoms with Gasteiger partial charge in [-0.3, -0.25) is 14.4 Å². The normalized spacial score (nSPS) is 15.3. The maximum absolute atomic E-state index is 12.3. The summed E-state index contributed by atoms with van der Waals surface area (Å²) in [5.74, 6) is -0.981. The number of ether oxygens (including phenoxy) is 2. The lowest BCUT2D eigenvalue weighted by Crippen LogP contribution is -2.40. The molecule has 0 unspecified atom stereocenters. The zero-order chi connectivity index (χ0) is 18.7. The lowest BCUT2D eigenvalue weighted by atomic mass is 10.1. The maximum Gasteiger partial charge on any atom is 0.325 e. The number of nitrogens with one attached hydrogen (secondary N) is 1. The minimum absolute atomic E-state index is 0.215. The van der Waals surface area contributed by atoms with Crippen LogP contribution in [0.25, 0.3) is 6.08 Å². The molecule has 0 spiro atoms. The largest absolute Gasteiger partial charge is 0.484 e. The summed E-state index contributed by atoms with van der Waals surface area (Å²) in [5.41, 5.74) is 0.420. The lowest BCUT2D eigenvalue weighted by Gasteiger charge is -2.10. The Morgan fingerprint density at radius 1 is 1.38 bits per heavy atom. The first kappa shape index (κ1) is 17.7. The van der Waals surface area contributed by atoms with Gasteiger partial charge in [0.05, 0.1) is 5.56 Å². The number of carboxylic acids is 1. The highest BCUT2D eigenvalue weighted by molar-refractivity contribution is 7.10. The van der Waals surface area contributed by atoms with Crippen LogP contribution in [0.1, 0.15) is 22.2 Å². The SMILES string of the molecule is C[C@@H](NC(=O)COc1ccc2c(c1)O/C(=C\c1cccs1)C2=O)C(=O)O. The van der Waals surface area contributed by atoms with E-state index < -0.39 is 17.9 Å². The summed E-state index contributed by atoms with van der Waals surface area (Å²) < 4.78 is 10.9. The molecule has 1 aliphatic heterocycles. The Morgan fingerprint density at radius 3 is 2.88 bits per heavy atom. The van der Waals surface area contributed by atoms with E-state index in [1.807, 2.05) is 17.5 Å². The van der Waals surface area contributed by atoms with E-state index in [1.165, 1.54) is 24.3 Å². The lowest BCUT2D eigenvalue weighted by molar-refractivity contribution is -0.141. The number of Topliss-reactive ketones (excluding diaryl/α,β-unsaturated/α-hetero) is 1. The van der Waals surface area contributed by atoms with Gasteiger partial charge in [0.1, 0.15) is 17.5 Å². The highest BCUT2D eigenvalue weighted by atomic mass is 32.1. The van der Waals surface area contributed by atoms with Crippen molar-refractivity contribution in [3.63, 3.8) is 0 Å². The van der Waals surface area contributed by atoms with Gasteiger partial charge in [-0.25, -0.2) is 0 Å². The fraction of sp³-hybridized carbons (Fsp3) is 0.167. The van der Waals surface area contributed by atoms with Crippen molar-refractivity contribution in [1.29, 1.82) is 0 Å². The Bertz CT molecular complexity index is 887. The quantitative estimate of drug-likeness (QED) is 0.754. The van der Waals surface area contributed by atoms with E-state index in [2.05, 4.69) is 5.32 Å². The van der Waals surface area contributed by atoms with Gasteiger partial charge in [-0.05, 0) is 30.5 Å². The minimum Gasteiger partial charge on any atom is -0.484 e. The Balaban J connectivity index is 1.65. The molecule has 2 N–H and O–H groups in total. The van der Waals surface area contributed by atoms with E-state index in [9.17, 15) is 14.4 Å². The second-order valence-electron chi connectivity index (χ2n) is 5.53. The van der Waals surface area contributed by atoms with E-state index in [4.69, 9.17) is 14.6 Å². The average molecular weight is 373 g/mol. The second-order valence-corrected chi connectivity index (χ2v) is 6.51. The number of thiophene rings is 1. The average Bonchev–Trinajstić information content (AvgIpc) is 3.22. The summed E-state index contributed by atoms with van der Waals surface area (Å²) in [6.45, 7) is 1.01. The van der Waals surface area contributed by atoms with Crippen molar-refractivity contribution in [2.75, 3.05) is 6.61 Å². The van der Waals surface area contributed by atoms with Crippen LogP contribution in [0.5, 0.6) is 11.5 Å². The predicted octanol–water partition coefficient (Wildman–Crippen LogP) is 2.33. The van der Waals surface area contributed by atoms with Gasteiger partial charge in [0.2, 0.25) is 5.78 Å². The molecule has 1 aromatic heterocycles. The molecule has 8 heteroatoms. The molecule has 0 radical (unpaired) electrons. The zero-order valence-corrected chi connectivity index (χ0v) is 14.5. The van der Waals surface area contributed by atoms with Crippen LogP contribution in [0.2, 0.25) is 0 Å². The number of hydrogen-bond acceptors (Lipinski definition) is 6. The Kier molecular flexibility index (Phi) is 5.04. The summed E-state index contributed by atoms with van der Waals surface area (Å²) in [6.07, 6.45) is 1.67. The van der Waals surface area contributed by atoms with Gasteiger partial charge in [-0.15, -0.1) is 11.3 Å². The zero-order valence-electron chi connectivity index (χ0n) is 13.7. The van der Waals surface area contributed by atoms with Crippen molar-refractivity contribution in [3.05, 3.63) is 51.9 Å². The number of ketones is 1. The van der Waals surface area contributed by atoms with Crippen LogP contribution in [-0.4, -0.2) is 35.4 Å². The van der Waals surface area contributed by atoms with Crippen molar-refractivity contribution in [3.8, 4) is 11.5 Å². The first-order valence-electron chi connectivity index (χ1n) is 7.71. The van der Waals surface area contributed by atoms with Gasteiger partial charge < -0.3 is 19.9 Å². The first-order valence-corrected chi connectivity index (χ1v) is 8.59. The molecule has 0 fully saturated rings. The van der Waals surface area contributed by atoms with E-state index in [1.54, 1.807) is 18.2 Å². The van der Waals surface area contributed by atoms with Crippen LogP contribution < -0.4 is 14.8 Å². The van der Waals surface area contributed by atoms with Gasteiger partial charge in [-0.2, -0.15) is 0 Å². The fourth-order valence-corrected chi connectivity index (χ4v) is 2.90. The van der Waals surface area contributed by atoms with E-state index in [0.717, 1.165) is 4.88 Å². The summed E-state index contributed by atoms with van der Waals surface area (Å²) in [5, 5.41) is 12.9. The molecule has 1 amide bonds. The molecule has 26 heavy (non-hydrogen) atoms. The number of benzene rings is 1. The molecule has 1 aliphatic rings. The molecule has 0 saturated heterocycles. The topological polar surface area (TPSA) is 102 Å². The third kappa shape index (κ3) is 3.92. The van der Waals surface area contributed by atoms with Crippen LogP contribution in [-0.2, 0) is 9.59 Å². The number of amides is 1.